The number of hydrogen-bond acceptors (Lipinski definition) is 3. The summed E-state index contributed by atoms with van der Waals surface area (Å²) in [7, 11) is -1.000. The number of hydrogen-bond donors (Lipinski definition) is 1. The Hall–Kier alpha value is -0.870. The average Bonchev–Trinajstić information content (AvgIpc) is 2.75. The van der Waals surface area contributed by atoms with Crippen molar-refractivity contribution in [2.75, 3.05) is 19.1 Å². The molecule has 0 aromatic heterocycles. The van der Waals surface area contributed by atoms with Crippen molar-refractivity contribution in [3.05, 3.63) is 34.9 Å². The van der Waals surface area contributed by atoms with Crippen LogP contribution in [0.15, 0.2) is 18.2 Å². The third-order valence-electron chi connectivity index (χ3n) is 3.65. The normalized spacial score (nSPS) is 16.6. The number of benzene rings is 1. The minimum absolute atomic E-state index is 0.130. The van der Waals surface area contributed by atoms with Crippen molar-refractivity contribution >= 4 is 9.84 Å². The summed E-state index contributed by atoms with van der Waals surface area (Å²) in [6.45, 7) is 0. The van der Waals surface area contributed by atoms with Crippen LogP contribution in [0.4, 0.5) is 0 Å². The molecule has 0 radical (unpaired) electrons. The van der Waals surface area contributed by atoms with E-state index in [-0.39, 0.29) is 11.8 Å². The summed E-state index contributed by atoms with van der Waals surface area (Å²) in [6.07, 6.45) is 5.51. The molecule has 100 valence electrons. The number of rotatable bonds is 5. The Morgan fingerprint density at radius 2 is 2.00 bits per heavy atom. The van der Waals surface area contributed by atoms with Crippen LogP contribution in [0, 0.1) is 0 Å². The molecule has 1 atom stereocenters. The van der Waals surface area contributed by atoms with Crippen LogP contribution in [0.2, 0.25) is 0 Å². The molecule has 2 rings (SSSR count). The number of fused-ring (bicyclic) bond motifs is 1. The maximum Gasteiger partial charge on any atom is 0.147 e. The number of sulfone groups is 1. The van der Waals surface area contributed by atoms with E-state index in [0.717, 1.165) is 6.42 Å². The smallest absolute Gasteiger partial charge is 0.147 e. The van der Waals surface area contributed by atoms with E-state index in [1.807, 2.05) is 7.05 Å². The lowest BCUT2D eigenvalue weighted by atomic mass is 10.00. The maximum atomic E-state index is 11.2. The summed E-state index contributed by atoms with van der Waals surface area (Å²) in [5, 5.41) is 3.22. The van der Waals surface area contributed by atoms with Crippen LogP contribution >= 0.6 is 0 Å². The highest BCUT2D eigenvalue weighted by Crippen LogP contribution is 2.26. The molecule has 0 heterocycles. The standard InChI is InChI=1S/C14H21NO2S/c1-15-14(8-9-18(2,16)17)13-7-6-11-4-3-5-12(11)10-13/h6-7,10,14-15H,3-5,8-9H2,1-2H3. The summed E-state index contributed by atoms with van der Waals surface area (Å²) in [5.74, 6) is 0.232. The number of nitrogens with one attached hydrogen (secondary N) is 1. The second-order valence-corrected chi connectivity index (χ2v) is 7.40. The Morgan fingerprint density at radius 1 is 1.28 bits per heavy atom. The Bertz CT molecular complexity index is 523. The summed E-state index contributed by atoms with van der Waals surface area (Å²) in [5.41, 5.74) is 4.10. The van der Waals surface area contributed by atoms with Crippen LogP contribution in [0.5, 0.6) is 0 Å². The van der Waals surface area contributed by atoms with Gasteiger partial charge in [0.2, 0.25) is 0 Å². The van der Waals surface area contributed by atoms with E-state index >= 15 is 0 Å². The molecule has 1 aromatic rings. The summed E-state index contributed by atoms with van der Waals surface area (Å²) in [4.78, 5) is 0. The SMILES string of the molecule is CNC(CCS(C)(=O)=O)c1ccc2c(c1)CCC2. The van der Waals surface area contributed by atoms with Crippen molar-refractivity contribution in [2.45, 2.75) is 31.7 Å². The Balaban J connectivity index is 2.12. The molecule has 0 aliphatic heterocycles. The van der Waals surface area contributed by atoms with E-state index in [1.54, 1.807) is 0 Å². The van der Waals surface area contributed by atoms with Crippen LogP contribution in [0.1, 0.15) is 35.6 Å². The first kappa shape index (κ1) is 13.6. The first-order chi connectivity index (χ1) is 8.49. The van der Waals surface area contributed by atoms with Crippen molar-refractivity contribution in [2.24, 2.45) is 0 Å². The Morgan fingerprint density at radius 3 is 2.67 bits per heavy atom. The fourth-order valence-electron chi connectivity index (χ4n) is 2.62. The molecule has 0 saturated carbocycles. The third kappa shape index (κ3) is 3.33. The van der Waals surface area contributed by atoms with E-state index in [2.05, 4.69) is 23.5 Å². The molecule has 0 saturated heterocycles. The Labute approximate surface area is 110 Å². The molecule has 0 bridgehead atoms. The molecule has 1 aliphatic rings. The summed E-state index contributed by atoms with van der Waals surface area (Å²) < 4.78 is 22.5. The second-order valence-electron chi connectivity index (χ2n) is 5.14. The molecule has 1 aromatic carbocycles. The van der Waals surface area contributed by atoms with Crippen molar-refractivity contribution in [3.63, 3.8) is 0 Å². The van der Waals surface area contributed by atoms with E-state index < -0.39 is 9.84 Å². The van der Waals surface area contributed by atoms with Gasteiger partial charge in [-0.2, -0.15) is 0 Å². The van der Waals surface area contributed by atoms with E-state index in [0.29, 0.717) is 6.42 Å². The first-order valence-corrected chi connectivity index (χ1v) is 8.52. The van der Waals surface area contributed by atoms with Crippen molar-refractivity contribution < 1.29 is 8.42 Å². The zero-order valence-electron chi connectivity index (χ0n) is 11.1. The topological polar surface area (TPSA) is 46.2 Å². The van der Waals surface area contributed by atoms with Gasteiger partial charge in [0, 0.05) is 12.3 Å². The molecule has 0 amide bonds. The van der Waals surface area contributed by atoms with Gasteiger partial charge in [-0.15, -0.1) is 0 Å². The van der Waals surface area contributed by atoms with Crippen LogP contribution in [-0.4, -0.2) is 27.5 Å². The van der Waals surface area contributed by atoms with Gasteiger partial charge in [-0.3, -0.25) is 0 Å². The maximum absolute atomic E-state index is 11.2. The molecule has 1 aliphatic carbocycles. The number of aryl methyl sites for hydroxylation is 2. The monoisotopic (exact) mass is 267 g/mol. The molecule has 4 heteroatoms. The van der Waals surface area contributed by atoms with Crippen LogP contribution in [0.25, 0.3) is 0 Å². The molecular formula is C14H21NO2S. The minimum atomic E-state index is -2.89. The van der Waals surface area contributed by atoms with E-state index in [1.165, 1.54) is 35.8 Å². The van der Waals surface area contributed by atoms with Gasteiger partial charge in [0.15, 0.2) is 0 Å². The predicted octanol–water partition coefficient (Wildman–Crippen LogP) is 1.87. The molecule has 0 spiro atoms. The van der Waals surface area contributed by atoms with Gasteiger partial charge in [0.1, 0.15) is 9.84 Å². The zero-order chi connectivity index (χ0) is 13.2. The Kier molecular flexibility index (Phi) is 4.07. The second kappa shape index (κ2) is 5.41. The lowest BCUT2D eigenvalue weighted by molar-refractivity contribution is 0.558. The van der Waals surface area contributed by atoms with Gasteiger partial charge in [-0.25, -0.2) is 8.42 Å². The molecule has 18 heavy (non-hydrogen) atoms. The van der Waals surface area contributed by atoms with E-state index in [4.69, 9.17) is 0 Å². The average molecular weight is 267 g/mol. The van der Waals surface area contributed by atoms with Crippen molar-refractivity contribution in [3.8, 4) is 0 Å². The largest absolute Gasteiger partial charge is 0.313 e. The van der Waals surface area contributed by atoms with Gasteiger partial charge in [-0.1, -0.05) is 18.2 Å². The highest BCUT2D eigenvalue weighted by molar-refractivity contribution is 7.90. The first-order valence-electron chi connectivity index (χ1n) is 6.46. The van der Waals surface area contributed by atoms with Gasteiger partial charge in [0.25, 0.3) is 0 Å². The van der Waals surface area contributed by atoms with Gasteiger partial charge in [0.05, 0.1) is 5.75 Å². The fourth-order valence-corrected chi connectivity index (χ4v) is 3.28. The molecule has 0 fully saturated rings. The van der Waals surface area contributed by atoms with Gasteiger partial charge >= 0.3 is 0 Å². The highest BCUT2D eigenvalue weighted by Gasteiger charge is 2.16. The molecular weight excluding hydrogens is 246 g/mol. The minimum Gasteiger partial charge on any atom is -0.313 e. The molecule has 1 unspecified atom stereocenters. The van der Waals surface area contributed by atoms with Crippen molar-refractivity contribution in [1.29, 1.82) is 0 Å². The summed E-state index contributed by atoms with van der Waals surface area (Å²) in [6, 6.07) is 6.70. The van der Waals surface area contributed by atoms with Gasteiger partial charge < -0.3 is 5.32 Å². The van der Waals surface area contributed by atoms with Crippen LogP contribution in [0.3, 0.4) is 0 Å². The van der Waals surface area contributed by atoms with Crippen LogP contribution in [-0.2, 0) is 22.7 Å². The van der Waals surface area contributed by atoms with E-state index in [9.17, 15) is 8.42 Å². The zero-order valence-corrected chi connectivity index (χ0v) is 11.9. The van der Waals surface area contributed by atoms with Crippen molar-refractivity contribution in [1.82, 2.24) is 5.32 Å². The molecule has 1 N–H and O–H groups in total. The quantitative estimate of drug-likeness (QED) is 0.886. The van der Waals surface area contributed by atoms with Gasteiger partial charge in [-0.05, 0) is 49.4 Å². The van der Waals surface area contributed by atoms with Crippen LogP contribution < -0.4 is 5.32 Å². The summed E-state index contributed by atoms with van der Waals surface area (Å²) >= 11 is 0. The lowest BCUT2D eigenvalue weighted by Crippen LogP contribution is -2.20. The third-order valence-corrected chi connectivity index (χ3v) is 4.63. The highest BCUT2D eigenvalue weighted by atomic mass is 32.2. The predicted molar refractivity (Wildman–Crippen MR) is 74.6 cm³/mol. The lowest BCUT2D eigenvalue weighted by Gasteiger charge is -2.17. The fraction of sp³-hybridized carbons (Fsp3) is 0.571. The molecule has 3 nitrogen and oxygen atoms in total.